The zero-order valence-electron chi connectivity index (χ0n) is 12.6. The Kier molecular flexibility index (Phi) is 4.83. The van der Waals surface area contributed by atoms with Crippen molar-refractivity contribution in [2.24, 2.45) is 5.92 Å². The van der Waals surface area contributed by atoms with Crippen LogP contribution in [0.15, 0.2) is 18.2 Å². The van der Waals surface area contributed by atoms with E-state index in [4.69, 9.17) is 4.74 Å². The van der Waals surface area contributed by atoms with Crippen LogP contribution in [0.3, 0.4) is 0 Å². The standard InChI is InChI=1S/C16H26N2O/c1-12(2)15-11-18(8-7-17-15)10-14-9-13(3)5-6-16(14)19-4/h5-6,9,12,15,17H,7-8,10-11H2,1-4H3. The second-order valence-corrected chi connectivity index (χ2v) is 5.86. The van der Waals surface area contributed by atoms with Crippen molar-refractivity contribution >= 4 is 0 Å². The third-order valence-electron chi connectivity index (χ3n) is 3.92. The summed E-state index contributed by atoms with van der Waals surface area (Å²) in [6.07, 6.45) is 0. The molecule has 3 nitrogen and oxygen atoms in total. The summed E-state index contributed by atoms with van der Waals surface area (Å²) in [6.45, 7) is 11.0. The van der Waals surface area contributed by atoms with Gasteiger partial charge in [0, 0.05) is 37.8 Å². The van der Waals surface area contributed by atoms with Gasteiger partial charge >= 0.3 is 0 Å². The summed E-state index contributed by atoms with van der Waals surface area (Å²) in [5, 5.41) is 3.60. The van der Waals surface area contributed by atoms with Crippen LogP contribution in [0.1, 0.15) is 25.0 Å². The van der Waals surface area contributed by atoms with Crippen molar-refractivity contribution < 1.29 is 4.74 Å². The Morgan fingerprint density at radius 1 is 1.42 bits per heavy atom. The van der Waals surface area contributed by atoms with Gasteiger partial charge in [-0.25, -0.2) is 0 Å². The molecule has 1 aromatic carbocycles. The van der Waals surface area contributed by atoms with Gasteiger partial charge in [0.05, 0.1) is 7.11 Å². The number of hydrogen-bond donors (Lipinski definition) is 1. The summed E-state index contributed by atoms with van der Waals surface area (Å²) >= 11 is 0. The van der Waals surface area contributed by atoms with Crippen LogP contribution in [0.2, 0.25) is 0 Å². The minimum Gasteiger partial charge on any atom is -0.496 e. The summed E-state index contributed by atoms with van der Waals surface area (Å²) in [4.78, 5) is 2.53. The summed E-state index contributed by atoms with van der Waals surface area (Å²) in [5.74, 6) is 1.69. The Labute approximate surface area is 116 Å². The van der Waals surface area contributed by atoms with E-state index in [-0.39, 0.29) is 0 Å². The summed E-state index contributed by atoms with van der Waals surface area (Å²) < 4.78 is 5.47. The molecule has 0 spiro atoms. The largest absolute Gasteiger partial charge is 0.496 e. The van der Waals surface area contributed by atoms with E-state index in [0.717, 1.165) is 31.9 Å². The number of methoxy groups -OCH3 is 1. The van der Waals surface area contributed by atoms with Crippen LogP contribution in [-0.4, -0.2) is 37.7 Å². The molecule has 1 heterocycles. The Morgan fingerprint density at radius 2 is 2.21 bits per heavy atom. The van der Waals surface area contributed by atoms with Crippen LogP contribution in [0.25, 0.3) is 0 Å². The Morgan fingerprint density at radius 3 is 2.89 bits per heavy atom. The lowest BCUT2D eigenvalue weighted by atomic mass is 10.0. The van der Waals surface area contributed by atoms with Gasteiger partial charge in [0.1, 0.15) is 5.75 Å². The van der Waals surface area contributed by atoms with Gasteiger partial charge in [-0.15, -0.1) is 0 Å². The molecule has 0 aromatic heterocycles. The highest BCUT2D eigenvalue weighted by molar-refractivity contribution is 5.36. The number of nitrogens with one attached hydrogen (secondary N) is 1. The molecule has 0 saturated carbocycles. The number of benzene rings is 1. The average Bonchev–Trinajstić information content (AvgIpc) is 2.39. The van der Waals surface area contributed by atoms with Crippen LogP contribution >= 0.6 is 0 Å². The van der Waals surface area contributed by atoms with E-state index < -0.39 is 0 Å². The van der Waals surface area contributed by atoms with Crippen LogP contribution in [-0.2, 0) is 6.54 Å². The van der Waals surface area contributed by atoms with Crippen molar-refractivity contribution in [1.82, 2.24) is 10.2 Å². The third-order valence-corrected chi connectivity index (χ3v) is 3.92. The first-order valence-electron chi connectivity index (χ1n) is 7.19. The van der Waals surface area contributed by atoms with E-state index in [1.54, 1.807) is 7.11 Å². The fraction of sp³-hybridized carbons (Fsp3) is 0.625. The van der Waals surface area contributed by atoms with E-state index in [1.165, 1.54) is 11.1 Å². The predicted molar refractivity (Wildman–Crippen MR) is 79.6 cm³/mol. The van der Waals surface area contributed by atoms with Gasteiger partial charge in [0.2, 0.25) is 0 Å². The highest BCUT2D eigenvalue weighted by atomic mass is 16.5. The Bertz CT molecular complexity index is 417. The topological polar surface area (TPSA) is 24.5 Å². The maximum Gasteiger partial charge on any atom is 0.123 e. The molecular formula is C16H26N2O. The molecular weight excluding hydrogens is 236 g/mol. The summed E-state index contributed by atoms with van der Waals surface area (Å²) in [6, 6.07) is 7.03. The third kappa shape index (κ3) is 3.71. The van der Waals surface area contributed by atoms with E-state index in [0.29, 0.717) is 12.0 Å². The molecule has 2 rings (SSSR count). The summed E-state index contributed by atoms with van der Waals surface area (Å²) in [7, 11) is 1.75. The van der Waals surface area contributed by atoms with Gasteiger partial charge < -0.3 is 10.1 Å². The molecule has 1 unspecified atom stereocenters. The molecule has 1 saturated heterocycles. The quantitative estimate of drug-likeness (QED) is 0.902. The molecule has 1 aliphatic heterocycles. The van der Waals surface area contributed by atoms with E-state index >= 15 is 0 Å². The molecule has 3 heteroatoms. The number of piperazine rings is 1. The smallest absolute Gasteiger partial charge is 0.123 e. The number of rotatable bonds is 4. The Balaban J connectivity index is 2.06. The number of ether oxygens (including phenoxy) is 1. The fourth-order valence-corrected chi connectivity index (χ4v) is 2.70. The van der Waals surface area contributed by atoms with Gasteiger partial charge in [-0.2, -0.15) is 0 Å². The predicted octanol–water partition coefficient (Wildman–Crippen LogP) is 2.43. The van der Waals surface area contributed by atoms with Crippen molar-refractivity contribution in [3.63, 3.8) is 0 Å². The number of nitrogens with zero attached hydrogens (tertiary/aromatic N) is 1. The van der Waals surface area contributed by atoms with E-state index in [1.807, 2.05) is 0 Å². The second-order valence-electron chi connectivity index (χ2n) is 5.86. The molecule has 0 radical (unpaired) electrons. The van der Waals surface area contributed by atoms with Crippen LogP contribution in [0.5, 0.6) is 5.75 Å². The molecule has 1 aromatic rings. The van der Waals surface area contributed by atoms with Gasteiger partial charge in [0.15, 0.2) is 0 Å². The first-order chi connectivity index (χ1) is 9.10. The normalized spacial score (nSPS) is 20.8. The van der Waals surface area contributed by atoms with Crippen molar-refractivity contribution in [2.75, 3.05) is 26.7 Å². The van der Waals surface area contributed by atoms with Gasteiger partial charge in [-0.1, -0.05) is 31.5 Å². The first kappa shape index (κ1) is 14.4. The molecule has 19 heavy (non-hydrogen) atoms. The van der Waals surface area contributed by atoms with Gasteiger partial charge in [-0.3, -0.25) is 4.90 Å². The maximum atomic E-state index is 5.47. The maximum absolute atomic E-state index is 5.47. The lowest BCUT2D eigenvalue weighted by Gasteiger charge is -2.36. The molecule has 1 atom stereocenters. The SMILES string of the molecule is COc1ccc(C)cc1CN1CCNC(C(C)C)C1. The minimum absolute atomic E-state index is 0.601. The zero-order valence-corrected chi connectivity index (χ0v) is 12.6. The van der Waals surface area contributed by atoms with Crippen LogP contribution < -0.4 is 10.1 Å². The lowest BCUT2D eigenvalue weighted by Crippen LogP contribution is -2.52. The molecule has 106 valence electrons. The molecule has 0 amide bonds. The van der Waals surface area contributed by atoms with E-state index in [9.17, 15) is 0 Å². The van der Waals surface area contributed by atoms with Gasteiger partial charge in [0.25, 0.3) is 0 Å². The fourth-order valence-electron chi connectivity index (χ4n) is 2.70. The average molecular weight is 262 g/mol. The lowest BCUT2D eigenvalue weighted by molar-refractivity contribution is 0.167. The summed E-state index contributed by atoms with van der Waals surface area (Å²) in [5.41, 5.74) is 2.60. The molecule has 0 aliphatic carbocycles. The molecule has 1 fully saturated rings. The highest BCUT2D eigenvalue weighted by Gasteiger charge is 2.22. The number of hydrogen-bond acceptors (Lipinski definition) is 3. The van der Waals surface area contributed by atoms with Crippen LogP contribution in [0.4, 0.5) is 0 Å². The van der Waals surface area contributed by atoms with Crippen molar-refractivity contribution in [3.05, 3.63) is 29.3 Å². The minimum atomic E-state index is 0.601. The van der Waals surface area contributed by atoms with Gasteiger partial charge in [-0.05, 0) is 18.9 Å². The molecule has 1 N–H and O–H groups in total. The van der Waals surface area contributed by atoms with Crippen molar-refractivity contribution in [2.45, 2.75) is 33.4 Å². The molecule has 0 bridgehead atoms. The van der Waals surface area contributed by atoms with Crippen molar-refractivity contribution in [1.29, 1.82) is 0 Å². The number of aryl methyl sites for hydroxylation is 1. The highest BCUT2D eigenvalue weighted by Crippen LogP contribution is 2.22. The van der Waals surface area contributed by atoms with E-state index in [2.05, 4.69) is 49.2 Å². The van der Waals surface area contributed by atoms with Crippen LogP contribution in [0, 0.1) is 12.8 Å². The Hall–Kier alpha value is -1.06. The monoisotopic (exact) mass is 262 g/mol. The zero-order chi connectivity index (χ0) is 13.8. The van der Waals surface area contributed by atoms with Crippen molar-refractivity contribution in [3.8, 4) is 5.75 Å². The first-order valence-corrected chi connectivity index (χ1v) is 7.19. The second kappa shape index (κ2) is 6.40. The molecule has 1 aliphatic rings.